The Morgan fingerprint density at radius 2 is 1.65 bits per heavy atom. The van der Waals surface area contributed by atoms with Crippen molar-refractivity contribution in [2.75, 3.05) is 33.9 Å². The van der Waals surface area contributed by atoms with E-state index < -0.39 is 0 Å². The van der Waals surface area contributed by atoms with Crippen LogP contribution in [-0.4, -0.2) is 38.8 Å². The molecule has 31 heavy (non-hydrogen) atoms. The quantitative estimate of drug-likeness (QED) is 0.557. The van der Waals surface area contributed by atoms with Crippen LogP contribution in [0.4, 0.5) is 0 Å². The Labute approximate surface area is 184 Å². The Morgan fingerprint density at radius 1 is 0.935 bits per heavy atom. The Kier molecular flexibility index (Phi) is 6.35. The van der Waals surface area contributed by atoms with E-state index >= 15 is 0 Å². The predicted octanol–water partition coefficient (Wildman–Crippen LogP) is 5.24. The Hall–Kier alpha value is -3.55. The van der Waals surface area contributed by atoms with Gasteiger partial charge in [-0.25, -0.2) is 0 Å². The van der Waals surface area contributed by atoms with Gasteiger partial charge in [-0.2, -0.15) is 5.26 Å². The average molecular weight is 411 g/mol. The van der Waals surface area contributed by atoms with E-state index in [1.807, 2.05) is 68.7 Å². The fourth-order valence-electron chi connectivity index (χ4n) is 3.78. The first-order valence-corrected chi connectivity index (χ1v) is 10.5. The number of likely N-dealkylation sites (N-methyl/N-ethyl adjacent to an activating group) is 1. The molecule has 4 heteroatoms. The second-order valence-electron chi connectivity index (χ2n) is 7.81. The minimum atomic E-state index is 0.613. The highest BCUT2D eigenvalue weighted by molar-refractivity contribution is 6.00. The lowest BCUT2D eigenvalue weighted by molar-refractivity contribution is 0.261. The van der Waals surface area contributed by atoms with Crippen molar-refractivity contribution >= 4 is 11.1 Å². The number of hydrogen-bond donors (Lipinski definition) is 0. The van der Waals surface area contributed by atoms with Gasteiger partial charge in [0.1, 0.15) is 18.1 Å². The van der Waals surface area contributed by atoms with Crippen molar-refractivity contribution < 1.29 is 9.47 Å². The van der Waals surface area contributed by atoms with E-state index in [4.69, 9.17) is 14.7 Å². The van der Waals surface area contributed by atoms with E-state index in [0.29, 0.717) is 18.8 Å². The number of fused-ring (bicyclic) bond motifs is 1. The van der Waals surface area contributed by atoms with Crippen molar-refractivity contribution in [1.29, 1.82) is 5.26 Å². The van der Waals surface area contributed by atoms with Gasteiger partial charge in [0.05, 0.1) is 18.2 Å². The van der Waals surface area contributed by atoms with Gasteiger partial charge in [-0.3, -0.25) is 0 Å². The van der Waals surface area contributed by atoms with Crippen LogP contribution < -0.4 is 9.47 Å². The minimum Gasteiger partial charge on any atom is -0.493 e. The van der Waals surface area contributed by atoms with Gasteiger partial charge in [0.2, 0.25) is 0 Å². The van der Waals surface area contributed by atoms with Gasteiger partial charge >= 0.3 is 0 Å². The van der Waals surface area contributed by atoms with Gasteiger partial charge in [0, 0.05) is 18.5 Å². The minimum absolute atomic E-state index is 0.613. The summed E-state index contributed by atoms with van der Waals surface area (Å²) in [5.41, 5.74) is 6.36. The molecule has 4 nitrogen and oxygen atoms in total. The molecule has 0 atom stereocenters. The SMILES string of the molecule is CN(C)CCOc1ccc(C2=C(c3ccc(C#N)cc3)CCOc3ccccc32)cc1. The molecule has 1 aliphatic heterocycles. The number of para-hydroxylation sites is 1. The number of hydrogen-bond acceptors (Lipinski definition) is 4. The fourth-order valence-corrected chi connectivity index (χ4v) is 3.78. The summed E-state index contributed by atoms with van der Waals surface area (Å²) in [7, 11) is 4.07. The Balaban J connectivity index is 1.77. The number of benzene rings is 3. The monoisotopic (exact) mass is 410 g/mol. The summed E-state index contributed by atoms with van der Waals surface area (Å²) in [4.78, 5) is 2.10. The Morgan fingerprint density at radius 3 is 2.35 bits per heavy atom. The van der Waals surface area contributed by atoms with Crippen molar-refractivity contribution in [3.05, 3.63) is 95.1 Å². The summed E-state index contributed by atoms with van der Waals surface area (Å²) in [6, 6.07) is 26.5. The topological polar surface area (TPSA) is 45.5 Å². The zero-order valence-electron chi connectivity index (χ0n) is 18.0. The highest BCUT2D eigenvalue weighted by Crippen LogP contribution is 2.41. The van der Waals surface area contributed by atoms with E-state index in [1.165, 1.54) is 5.57 Å². The molecule has 0 radical (unpaired) electrons. The zero-order valence-corrected chi connectivity index (χ0v) is 18.0. The maximum atomic E-state index is 9.17. The third-order valence-electron chi connectivity index (χ3n) is 5.38. The second kappa shape index (κ2) is 9.51. The lowest BCUT2D eigenvalue weighted by Gasteiger charge is -2.16. The van der Waals surface area contributed by atoms with Crippen molar-refractivity contribution in [2.45, 2.75) is 6.42 Å². The summed E-state index contributed by atoms with van der Waals surface area (Å²) in [6.45, 7) is 2.14. The van der Waals surface area contributed by atoms with Crippen LogP contribution in [0.15, 0.2) is 72.8 Å². The largest absolute Gasteiger partial charge is 0.493 e. The molecule has 1 aliphatic rings. The third-order valence-corrected chi connectivity index (χ3v) is 5.38. The molecule has 0 fully saturated rings. The molecule has 0 saturated carbocycles. The summed E-state index contributed by atoms with van der Waals surface area (Å²) in [5, 5.41) is 9.17. The van der Waals surface area contributed by atoms with E-state index in [0.717, 1.165) is 46.7 Å². The predicted molar refractivity (Wildman–Crippen MR) is 124 cm³/mol. The molecule has 0 unspecified atom stereocenters. The van der Waals surface area contributed by atoms with Gasteiger partial charge in [0.15, 0.2) is 0 Å². The lowest BCUT2D eigenvalue weighted by atomic mass is 9.88. The molecule has 3 aromatic rings. The molecular weight excluding hydrogens is 384 g/mol. The molecule has 0 aromatic heterocycles. The van der Waals surface area contributed by atoms with E-state index in [9.17, 15) is 0 Å². The molecule has 4 rings (SSSR count). The first kappa shape index (κ1) is 20.7. The van der Waals surface area contributed by atoms with Crippen LogP contribution in [-0.2, 0) is 0 Å². The Bertz CT molecular complexity index is 1110. The smallest absolute Gasteiger partial charge is 0.127 e. The maximum absolute atomic E-state index is 9.17. The van der Waals surface area contributed by atoms with Gasteiger partial charge in [-0.15, -0.1) is 0 Å². The first-order valence-electron chi connectivity index (χ1n) is 10.5. The van der Waals surface area contributed by atoms with Crippen LogP contribution in [0, 0.1) is 11.3 Å². The van der Waals surface area contributed by atoms with E-state index in [-0.39, 0.29) is 0 Å². The van der Waals surface area contributed by atoms with E-state index in [2.05, 4.69) is 29.2 Å². The number of rotatable bonds is 6. The molecule has 1 heterocycles. The zero-order chi connectivity index (χ0) is 21.6. The van der Waals surface area contributed by atoms with Crippen LogP contribution in [0.5, 0.6) is 11.5 Å². The van der Waals surface area contributed by atoms with Crippen LogP contribution >= 0.6 is 0 Å². The maximum Gasteiger partial charge on any atom is 0.127 e. The van der Waals surface area contributed by atoms with Crippen molar-refractivity contribution in [1.82, 2.24) is 4.90 Å². The van der Waals surface area contributed by atoms with Crippen LogP contribution in [0.1, 0.15) is 28.7 Å². The van der Waals surface area contributed by atoms with Crippen molar-refractivity contribution in [3.63, 3.8) is 0 Å². The molecule has 0 bridgehead atoms. The number of ether oxygens (including phenoxy) is 2. The molecular formula is C27H26N2O2. The normalized spacial score (nSPS) is 13.2. The molecule has 0 amide bonds. The summed E-state index contributed by atoms with van der Waals surface area (Å²) in [6.07, 6.45) is 0.789. The fraction of sp³-hybridized carbons (Fsp3) is 0.222. The molecule has 3 aromatic carbocycles. The molecule has 0 aliphatic carbocycles. The van der Waals surface area contributed by atoms with E-state index in [1.54, 1.807) is 0 Å². The summed E-state index contributed by atoms with van der Waals surface area (Å²) >= 11 is 0. The average Bonchev–Trinajstić information content (AvgIpc) is 2.99. The van der Waals surface area contributed by atoms with Crippen molar-refractivity contribution in [2.24, 2.45) is 0 Å². The number of nitriles is 1. The van der Waals surface area contributed by atoms with Crippen LogP contribution in [0.25, 0.3) is 11.1 Å². The molecule has 0 N–H and O–H groups in total. The van der Waals surface area contributed by atoms with Crippen LogP contribution in [0.2, 0.25) is 0 Å². The first-order chi connectivity index (χ1) is 15.2. The molecule has 0 saturated heterocycles. The van der Waals surface area contributed by atoms with Gasteiger partial charge < -0.3 is 14.4 Å². The highest BCUT2D eigenvalue weighted by Gasteiger charge is 2.20. The third kappa shape index (κ3) is 4.79. The standard InChI is InChI=1S/C27H26N2O2/c1-29(2)16-18-30-23-13-11-22(12-14-23)27-24(21-9-7-20(19-28)8-10-21)15-17-31-26-6-4-3-5-25(26)27/h3-14H,15-18H2,1-2H3. The molecule has 156 valence electrons. The van der Waals surface area contributed by atoms with Gasteiger partial charge in [-0.1, -0.05) is 42.5 Å². The summed E-state index contributed by atoms with van der Waals surface area (Å²) in [5.74, 6) is 1.76. The van der Waals surface area contributed by atoms with Crippen molar-refractivity contribution in [3.8, 4) is 17.6 Å². The van der Waals surface area contributed by atoms with Gasteiger partial charge in [-0.05, 0) is 66.7 Å². The van der Waals surface area contributed by atoms with Gasteiger partial charge in [0.25, 0.3) is 0 Å². The summed E-state index contributed by atoms with van der Waals surface area (Å²) < 4.78 is 11.9. The lowest BCUT2D eigenvalue weighted by Crippen LogP contribution is -2.19. The highest BCUT2D eigenvalue weighted by atomic mass is 16.5. The number of nitrogens with zero attached hydrogens (tertiary/aromatic N) is 2. The van der Waals surface area contributed by atoms with Crippen LogP contribution in [0.3, 0.4) is 0 Å². The molecule has 0 spiro atoms. The second-order valence-corrected chi connectivity index (χ2v) is 7.81.